The quantitative estimate of drug-likeness (QED) is 0.158. The first-order valence-corrected chi connectivity index (χ1v) is 9.33. The van der Waals surface area contributed by atoms with Gasteiger partial charge in [0.15, 0.2) is 12.6 Å². The molecule has 30 heavy (non-hydrogen) atoms. The molecule has 178 valence electrons. The van der Waals surface area contributed by atoms with Crippen LogP contribution >= 0.6 is 0 Å². The summed E-state index contributed by atoms with van der Waals surface area (Å²) in [7, 11) is 0. The summed E-state index contributed by atoms with van der Waals surface area (Å²) >= 11 is 0. The third kappa shape index (κ3) is 5.43. The molecule has 2 rings (SSSR count). The van der Waals surface area contributed by atoms with Gasteiger partial charge in [0, 0.05) is 0 Å². The Morgan fingerprint density at radius 2 is 1.23 bits per heavy atom. The van der Waals surface area contributed by atoms with E-state index in [1.807, 2.05) is 0 Å². The van der Waals surface area contributed by atoms with Gasteiger partial charge in [0.2, 0.25) is 0 Å². The summed E-state index contributed by atoms with van der Waals surface area (Å²) in [6, 6.07) is 0. The van der Waals surface area contributed by atoms with Crippen LogP contribution in [0.4, 0.5) is 0 Å². The third-order valence-corrected chi connectivity index (χ3v) is 5.07. The lowest BCUT2D eigenvalue weighted by Gasteiger charge is -2.46. The normalized spacial score (nSPS) is 44.6. The van der Waals surface area contributed by atoms with Gasteiger partial charge in [0.25, 0.3) is 0 Å². The van der Waals surface area contributed by atoms with Crippen LogP contribution in [-0.2, 0) is 18.9 Å². The van der Waals surface area contributed by atoms with E-state index in [1.165, 1.54) is 0 Å². The highest BCUT2D eigenvalue weighted by molar-refractivity contribution is 4.94. The Hall–Kier alpha value is -0.560. The molecule has 14 heteroatoms. The molecule has 2 heterocycles. The molecule has 12 atom stereocenters. The van der Waals surface area contributed by atoms with Crippen LogP contribution in [0.1, 0.15) is 0 Å². The van der Waals surface area contributed by atoms with E-state index in [1.54, 1.807) is 0 Å². The summed E-state index contributed by atoms with van der Waals surface area (Å²) in [6.45, 7) is -3.02. The molecule has 2 aliphatic rings. The number of hydrogen-bond acceptors (Lipinski definition) is 14. The lowest BCUT2D eigenvalue weighted by Crippen LogP contribution is -2.65. The largest absolute Gasteiger partial charge is 0.394 e. The SMILES string of the molecule is OC[C@@H](O)[C@H](CO)O[C@H]1O[C@H](CO)[C@@H](O)[C@H](O[C@H]2O[C@H](CO)[C@@H](O)[C@H](O)[C@H]2O)[C@H]1O. The highest BCUT2D eigenvalue weighted by Crippen LogP contribution is 2.30. The van der Waals surface area contributed by atoms with Crippen molar-refractivity contribution in [2.45, 2.75) is 73.6 Å². The molecule has 10 N–H and O–H groups in total. The molecule has 0 spiro atoms. The average molecular weight is 446 g/mol. The number of rotatable bonds is 9. The molecular formula is C16H30O14. The zero-order chi connectivity index (χ0) is 22.6. The molecule has 0 amide bonds. The summed E-state index contributed by atoms with van der Waals surface area (Å²) in [6.07, 6.45) is -19.3. The van der Waals surface area contributed by atoms with E-state index in [2.05, 4.69) is 0 Å². The first kappa shape index (κ1) is 25.7. The van der Waals surface area contributed by atoms with Crippen LogP contribution < -0.4 is 0 Å². The van der Waals surface area contributed by atoms with Crippen LogP contribution in [0.2, 0.25) is 0 Å². The van der Waals surface area contributed by atoms with Crippen molar-refractivity contribution in [2.75, 3.05) is 26.4 Å². The van der Waals surface area contributed by atoms with E-state index in [-0.39, 0.29) is 0 Å². The minimum Gasteiger partial charge on any atom is -0.394 e. The van der Waals surface area contributed by atoms with Crippen molar-refractivity contribution >= 4 is 0 Å². The number of aliphatic hydroxyl groups excluding tert-OH is 10. The van der Waals surface area contributed by atoms with Gasteiger partial charge in [-0.3, -0.25) is 0 Å². The molecule has 0 bridgehead atoms. The fourth-order valence-electron chi connectivity index (χ4n) is 3.21. The van der Waals surface area contributed by atoms with E-state index < -0.39 is 100 Å². The van der Waals surface area contributed by atoms with Crippen molar-refractivity contribution in [1.82, 2.24) is 0 Å². The van der Waals surface area contributed by atoms with Crippen LogP contribution in [0.3, 0.4) is 0 Å². The zero-order valence-electron chi connectivity index (χ0n) is 15.9. The van der Waals surface area contributed by atoms with Crippen LogP contribution in [0.15, 0.2) is 0 Å². The molecule has 14 nitrogen and oxygen atoms in total. The maximum atomic E-state index is 10.5. The Morgan fingerprint density at radius 1 is 0.667 bits per heavy atom. The Balaban J connectivity index is 2.17. The summed E-state index contributed by atoms with van der Waals surface area (Å²) in [4.78, 5) is 0. The number of ether oxygens (including phenoxy) is 4. The first-order valence-electron chi connectivity index (χ1n) is 9.33. The summed E-state index contributed by atoms with van der Waals surface area (Å²) in [5.41, 5.74) is 0. The Labute approximate surface area is 171 Å². The van der Waals surface area contributed by atoms with Gasteiger partial charge in [-0.15, -0.1) is 0 Å². The maximum absolute atomic E-state index is 10.5. The van der Waals surface area contributed by atoms with Crippen LogP contribution in [0.5, 0.6) is 0 Å². The van der Waals surface area contributed by atoms with Crippen LogP contribution in [0.25, 0.3) is 0 Å². The molecule has 2 saturated heterocycles. The molecule has 0 unspecified atom stereocenters. The van der Waals surface area contributed by atoms with Gasteiger partial charge < -0.3 is 70.0 Å². The van der Waals surface area contributed by atoms with Gasteiger partial charge in [-0.2, -0.15) is 0 Å². The van der Waals surface area contributed by atoms with E-state index in [0.29, 0.717) is 0 Å². The van der Waals surface area contributed by atoms with Gasteiger partial charge in [0.1, 0.15) is 61.0 Å². The predicted molar refractivity (Wildman–Crippen MR) is 91.5 cm³/mol. The molecule has 0 saturated carbocycles. The highest BCUT2D eigenvalue weighted by atomic mass is 16.7. The topological polar surface area (TPSA) is 239 Å². The molecule has 0 aromatic heterocycles. The van der Waals surface area contributed by atoms with Crippen molar-refractivity contribution < 1.29 is 70.0 Å². The average Bonchev–Trinajstić information content (AvgIpc) is 2.75. The van der Waals surface area contributed by atoms with E-state index in [9.17, 15) is 46.0 Å². The molecule has 0 radical (unpaired) electrons. The molecule has 0 aliphatic carbocycles. The van der Waals surface area contributed by atoms with Gasteiger partial charge in [-0.25, -0.2) is 0 Å². The van der Waals surface area contributed by atoms with E-state index in [4.69, 9.17) is 24.1 Å². The summed E-state index contributed by atoms with van der Waals surface area (Å²) < 4.78 is 21.0. The Morgan fingerprint density at radius 3 is 1.77 bits per heavy atom. The van der Waals surface area contributed by atoms with Gasteiger partial charge in [-0.1, -0.05) is 0 Å². The minimum absolute atomic E-state index is 0.730. The minimum atomic E-state index is -1.82. The van der Waals surface area contributed by atoms with Crippen molar-refractivity contribution in [3.05, 3.63) is 0 Å². The van der Waals surface area contributed by atoms with Crippen LogP contribution in [0, 0.1) is 0 Å². The number of aliphatic hydroxyl groups is 10. The second-order valence-corrected chi connectivity index (χ2v) is 7.11. The van der Waals surface area contributed by atoms with Gasteiger partial charge in [0.05, 0.1) is 26.4 Å². The summed E-state index contributed by atoms with van der Waals surface area (Å²) in [5, 5.41) is 97.3. The Kier molecular flexibility index (Phi) is 9.72. The number of hydrogen-bond donors (Lipinski definition) is 10. The van der Waals surface area contributed by atoms with Crippen LogP contribution in [-0.4, -0.2) is 151 Å². The lowest BCUT2D eigenvalue weighted by atomic mass is 9.97. The van der Waals surface area contributed by atoms with Crippen molar-refractivity contribution in [3.8, 4) is 0 Å². The fraction of sp³-hybridized carbons (Fsp3) is 1.00. The first-order chi connectivity index (χ1) is 14.2. The van der Waals surface area contributed by atoms with E-state index in [0.717, 1.165) is 0 Å². The maximum Gasteiger partial charge on any atom is 0.187 e. The van der Waals surface area contributed by atoms with Crippen molar-refractivity contribution in [1.29, 1.82) is 0 Å². The van der Waals surface area contributed by atoms with Gasteiger partial charge in [-0.05, 0) is 0 Å². The molecule has 0 aromatic carbocycles. The molecule has 0 aromatic rings. The Bertz CT molecular complexity index is 508. The predicted octanol–water partition coefficient (Wildman–Crippen LogP) is -6.66. The standard InChI is InChI=1S/C16H30O14/c17-1-5(21)6(2-18)27-16-13(26)14(10(23)8(4-20)29-16)30-15-12(25)11(24)9(22)7(3-19)28-15/h5-26H,1-4H2/t5-,6+,7-,8-,9-,10-,11+,12-,13-,14+,15-,16+/m1/s1. The smallest absolute Gasteiger partial charge is 0.187 e. The molecular weight excluding hydrogens is 416 g/mol. The third-order valence-electron chi connectivity index (χ3n) is 5.07. The van der Waals surface area contributed by atoms with Gasteiger partial charge >= 0.3 is 0 Å². The van der Waals surface area contributed by atoms with Crippen molar-refractivity contribution in [2.24, 2.45) is 0 Å². The van der Waals surface area contributed by atoms with Crippen molar-refractivity contribution in [3.63, 3.8) is 0 Å². The second kappa shape index (κ2) is 11.3. The van der Waals surface area contributed by atoms with E-state index >= 15 is 0 Å². The monoisotopic (exact) mass is 446 g/mol. The second-order valence-electron chi connectivity index (χ2n) is 7.11. The highest BCUT2D eigenvalue weighted by Gasteiger charge is 2.51. The summed E-state index contributed by atoms with van der Waals surface area (Å²) in [5.74, 6) is 0. The lowest BCUT2D eigenvalue weighted by molar-refractivity contribution is -0.366. The molecule has 2 fully saturated rings. The fourth-order valence-corrected chi connectivity index (χ4v) is 3.21. The zero-order valence-corrected chi connectivity index (χ0v) is 15.9. The molecule has 2 aliphatic heterocycles.